The number of benzene rings is 1. The third-order valence-electron chi connectivity index (χ3n) is 3.88. The summed E-state index contributed by atoms with van der Waals surface area (Å²) in [6, 6.07) is 6.56. The summed E-state index contributed by atoms with van der Waals surface area (Å²) in [7, 11) is 0. The molecule has 2 heteroatoms. The zero-order valence-corrected chi connectivity index (χ0v) is 14.3. The van der Waals surface area contributed by atoms with Crippen LogP contribution in [0.3, 0.4) is 0 Å². The molecule has 0 saturated heterocycles. The molecule has 0 fully saturated rings. The molecule has 0 N–H and O–H groups in total. The second-order valence-corrected chi connectivity index (χ2v) is 6.13. The van der Waals surface area contributed by atoms with Crippen molar-refractivity contribution in [3.05, 3.63) is 34.9 Å². The van der Waals surface area contributed by atoms with Gasteiger partial charge in [0, 0.05) is 11.8 Å². The highest BCUT2D eigenvalue weighted by Gasteiger charge is 2.02. The molecule has 20 heavy (non-hydrogen) atoms. The maximum absolute atomic E-state index is 5.97. The van der Waals surface area contributed by atoms with E-state index in [0.717, 1.165) is 0 Å². The number of unbranched alkanes of at least 4 members (excludes halogenated alkanes) is 7. The van der Waals surface area contributed by atoms with Crippen LogP contribution in [-0.4, -0.2) is 0 Å². The van der Waals surface area contributed by atoms with E-state index < -0.39 is 0 Å². The summed E-state index contributed by atoms with van der Waals surface area (Å²) >= 11 is 11.9. The molecule has 0 unspecified atom stereocenters. The first-order valence-corrected chi connectivity index (χ1v) is 9.11. The van der Waals surface area contributed by atoms with E-state index in [9.17, 15) is 0 Å². The Labute approximate surface area is 134 Å². The molecule has 0 aromatic heterocycles. The van der Waals surface area contributed by atoms with Gasteiger partial charge in [0.1, 0.15) is 0 Å². The topological polar surface area (TPSA) is 0 Å². The molecule has 0 bridgehead atoms. The van der Waals surface area contributed by atoms with Crippen LogP contribution in [-0.2, 0) is 18.2 Å². The first kappa shape index (κ1) is 17.9. The zero-order chi connectivity index (χ0) is 14.6. The molecule has 0 nitrogen and oxygen atoms in total. The molecule has 1 aromatic carbocycles. The van der Waals surface area contributed by atoms with Gasteiger partial charge >= 0.3 is 0 Å². The van der Waals surface area contributed by atoms with Crippen LogP contribution in [0.1, 0.15) is 75.0 Å². The average molecular weight is 315 g/mol. The first-order valence-electron chi connectivity index (χ1n) is 8.04. The van der Waals surface area contributed by atoms with Gasteiger partial charge in [-0.3, -0.25) is 0 Å². The van der Waals surface area contributed by atoms with E-state index in [1.165, 1.54) is 74.5 Å². The van der Waals surface area contributed by atoms with Gasteiger partial charge in [0.25, 0.3) is 0 Å². The number of alkyl halides is 2. The second-order valence-electron chi connectivity index (χ2n) is 5.60. The Morgan fingerprint density at radius 3 is 1.95 bits per heavy atom. The normalized spacial score (nSPS) is 10.9. The lowest BCUT2D eigenvalue weighted by Gasteiger charge is -2.08. The molecule has 0 spiro atoms. The molecule has 0 aliphatic heterocycles. The number of rotatable bonds is 11. The molecular formula is C18H28Cl2. The smallest absolute Gasteiger partial charge is 0.0477 e. The monoisotopic (exact) mass is 314 g/mol. The van der Waals surface area contributed by atoms with Gasteiger partial charge in [-0.05, 0) is 29.5 Å². The van der Waals surface area contributed by atoms with Crippen molar-refractivity contribution >= 4 is 23.2 Å². The number of hydrogen-bond donors (Lipinski definition) is 0. The van der Waals surface area contributed by atoms with Crippen molar-refractivity contribution in [1.29, 1.82) is 0 Å². The highest BCUT2D eigenvalue weighted by molar-refractivity contribution is 6.18. The summed E-state index contributed by atoms with van der Waals surface area (Å²) in [5.41, 5.74) is 3.76. The molecule has 114 valence electrons. The lowest BCUT2D eigenvalue weighted by molar-refractivity contribution is 0.575. The minimum Gasteiger partial charge on any atom is -0.122 e. The van der Waals surface area contributed by atoms with Crippen LogP contribution in [0.15, 0.2) is 18.2 Å². The van der Waals surface area contributed by atoms with Crippen LogP contribution in [0.25, 0.3) is 0 Å². The number of hydrogen-bond acceptors (Lipinski definition) is 0. The van der Waals surface area contributed by atoms with Gasteiger partial charge in [-0.25, -0.2) is 0 Å². The Balaban J connectivity index is 2.18. The molecule has 0 saturated carbocycles. The second kappa shape index (κ2) is 11.5. The third kappa shape index (κ3) is 6.99. The summed E-state index contributed by atoms with van der Waals surface area (Å²) in [5, 5.41) is 0. The van der Waals surface area contributed by atoms with Crippen LogP contribution >= 0.6 is 23.2 Å². The van der Waals surface area contributed by atoms with Crippen LogP contribution in [0, 0.1) is 0 Å². The van der Waals surface area contributed by atoms with Crippen molar-refractivity contribution in [2.75, 3.05) is 0 Å². The lowest BCUT2D eigenvalue weighted by atomic mass is 10.0. The fraction of sp³-hybridized carbons (Fsp3) is 0.667. The van der Waals surface area contributed by atoms with Gasteiger partial charge in [0.15, 0.2) is 0 Å². The van der Waals surface area contributed by atoms with E-state index in [1.54, 1.807) is 0 Å². The standard InChI is InChI=1S/C18H28Cl2/c1-2-3-4-5-6-7-8-9-10-16-11-12-17(14-19)18(13-16)15-20/h11-13H,2-10,14-15H2,1H3. The minimum atomic E-state index is 0.556. The molecule has 1 rings (SSSR count). The molecule has 1 aromatic rings. The Kier molecular flexibility index (Phi) is 10.2. The van der Waals surface area contributed by atoms with Crippen LogP contribution in [0.4, 0.5) is 0 Å². The summed E-state index contributed by atoms with van der Waals surface area (Å²) in [6.07, 6.45) is 12.1. The van der Waals surface area contributed by atoms with Gasteiger partial charge in [0.05, 0.1) is 0 Å². The Hall–Kier alpha value is -0.200. The minimum absolute atomic E-state index is 0.556. The fourth-order valence-electron chi connectivity index (χ4n) is 2.55. The van der Waals surface area contributed by atoms with E-state index in [-0.39, 0.29) is 0 Å². The van der Waals surface area contributed by atoms with Crippen LogP contribution in [0.2, 0.25) is 0 Å². The average Bonchev–Trinajstić information content (AvgIpc) is 2.49. The van der Waals surface area contributed by atoms with Crippen molar-refractivity contribution in [3.8, 4) is 0 Å². The highest BCUT2D eigenvalue weighted by Crippen LogP contribution is 2.18. The summed E-state index contributed by atoms with van der Waals surface area (Å²) in [4.78, 5) is 0. The van der Waals surface area contributed by atoms with Crippen molar-refractivity contribution < 1.29 is 0 Å². The van der Waals surface area contributed by atoms with E-state index >= 15 is 0 Å². The lowest BCUT2D eigenvalue weighted by Crippen LogP contribution is -1.93. The highest BCUT2D eigenvalue weighted by atomic mass is 35.5. The summed E-state index contributed by atoms with van der Waals surface area (Å²) < 4.78 is 0. The summed E-state index contributed by atoms with van der Waals surface area (Å²) in [6.45, 7) is 2.27. The van der Waals surface area contributed by atoms with Crippen molar-refractivity contribution in [2.45, 2.75) is 76.5 Å². The Bertz CT molecular complexity index is 360. The molecular weight excluding hydrogens is 287 g/mol. The van der Waals surface area contributed by atoms with Crippen LogP contribution < -0.4 is 0 Å². The molecule has 0 aliphatic carbocycles. The SMILES string of the molecule is CCCCCCCCCCc1ccc(CCl)c(CCl)c1. The maximum atomic E-state index is 5.97. The quantitative estimate of drug-likeness (QED) is 0.309. The fourth-order valence-corrected chi connectivity index (χ4v) is 3.06. The number of halogens is 2. The van der Waals surface area contributed by atoms with Crippen molar-refractivity contribution in [2.24, 2.45) is 0 Å². The van der Waals surface area contributed by atoms with E-state index in [1.807, 2.05) is 0 Å². The van der Waals surface area contributed by atoms with Crippen LogP contribution in [0.5, 0.6) is 0 Å². The van der Waals surface area contributed by atoms with Gasteiger partial charge in [0.2, 0.25) is 0 Å². The summed E-state index contributed by atoms with van der Waals surface area (Å²) in [5.74, 6) is 1.12. The van der Waals surface area contributed by atoms with Gasteiger partial charge < -0.3 is 0 Å². The van der Waals surface area contributed by atoms with Gasteiger partial charge in [-0.1, -0.05) is 70.1 Å². The Morgan fingerprint density at radius 2 is 1.35 bits per heavy atom. The largest absolute Gasteiger partial charge is 0.122 e. The maximum Gasteiger partial charge on any atom is 0.0477 e. The van der Waals surface area contributed by atoms with E-state index in [2.05, 4.69) is 25.1 Å². The van der Waals surface area contributed by atoms with Crippen molar-refractivity contribution in [3.63, 3.8) is 0 Å². The third-order valence-corrected chi connectivity index (χ3v) is 4.45. The molecule has 0 radical (unpaired) electrons. The Morgan fingerprint density at radius 1 is 0.750 bits per heavy atom. The first-order chi connectivity index (χ1) is 9.81. The molecule has 0 amide bonds. The van der Waals surface area contributed by atoms with Gasteiger partial charge in [-0.2, -0.15) is 0 Å². The predicted octanol–water partition coefficient (Wildman–Crippen LogP) is 6.85. The number of aryl methyl sites for hydroxylation is 1. The van der Waals surface area contributed by atoms with Gasteiger partial charge in [-0.15, -0.1) is 23.2 Å². The van der Waals surface area contributed by atoms with E-state index in [4.69, 9.17) is 23.2 Å². The molecule has 0 aliphatic rings. The molecule has 0 atom stereocenters. The molecule has 0 heterocycles. The predicted molar refractivity (Wildman–Crippen MR) is 91.9 cm³/mol. The van der Waals surface area contributed by atoms with Crippen molar-refractivity contribution in [1.82, 2.24) is 0 Å². The van der Waals surface area contributed by atoms with E-state index in [0.29, 0.717) is 11.8 Å². The zero-order valence-electron chi connectivity index (χ0n) is 12.8.